The monoisotopic (exact) mass is 482 g/mol. The Morgan fingerprint density at radius 3 is 2.42 bits per heavy atom. The number of carbonyl (C=O) groups is 1. The van der Waals surface area contributed by atoms with Crippen LogP contribution in [-0.2, 0) is 14.8 Å². The normalized spacial score (nSPS) is 11.1. The van der Waals surface area contributed by atoms with Crippen molar-refractivity contribution in [1.82, 2.24) is 9.78 Å². The van der Waals surface area contributed by atoms with Crippen LogP contribution in [0.2, 0.25) is 10.0 Å². The third kappa shape index (κ3) is 4.98. The minimum atomic E-state index is -4.01. The lowest BCUT2D eigenvalue weighted by Gasteiger charge is -2.14. The molecule has 162 valence electrons. The van der Waals surface area contributed by atoms with Gasteiger partial charge in [-0.1, -0.05) is 23.2 Å². The minimum absolute atomic E-state index is 0.0155. The van der Waals surface area contributed by atoms with Crippen LogP contribution in [0.15, 0.2) is 58.4 Å². The molecule has 3 rings (SSSR count). The zero-order valence-electron chi connectivity index (χ0n) is 16.2. The van der Waals surface area contributed by atoms with Gasteiger partial charge >= 0.3 is 0 Å². The molecule has 2 N–H and O–H groups in total. The summed E-state index contributed by atoms with van der Waals surface area (Å²) in [7, 11) is -2.62. The first-order valence-electron chi connectivity index (χ1n) is 8.64. The number of halogens is 2. The van der Waals surface area contributed by atoms with Crippen molar-refractivity contribution >= 4 is 50.5 Å². The number of ether oxygens (including phenoxy) is 1. The molecule has 0 saturated carbocycles. The third-order valence-corrected chi connectivity index (χ3v) is 6.16. The molecule has 0 atom stereocenters. The van der Waals surface area contributed by atoms with Gasteiger partial charge in [-0.2, -0.15) is 9.78 Å². The Morgan fingerprint density at radius 1 is 1.13 bits per heavy atom. The molecule has 0 radical (unpaired) electrons. The van der Waals surface area contributed by atoms with Gasteiger partial charge in [0, 0.05) is 12.6 Å². The lowest BCUT2D eigenvalue weighted by molar-refractivity contribution is -0.114. The number of rotatable bonds is 6. The second-order valence-electron chi connectivity index (χ2n) is 6.22. The average molecular weight is 483 g/mol. The Balaban J connectivity index is 1.92. The Morgan fingerprint density at radius 2 is 1.81 bits per heavy atom. The molecular formula is C19H16Cl2N4O5S. The highest BCUT2D eigenvalue weighted by Gasteiger charge is 2.18. The van der Waals surface area contributed by atoms with Crippen molar-refractivity contribution in [3.8, 4) is 11.4 Å². The molecule has 0 saturated heterocycles. The van der Waals surface area contributed by atoms with Gasteiger partial charge in [0.2, 0.25) is 5.91 Å². The first-order chi connectivity index (χ1) is 14.6. The molecule has 31 heavy (non-hydrogen) atoms. The summed E-state index contributed by atoms with van der Waals surface area (Å²) >= 11 is 11.6. The summed E-state index contributed by atoms with van der Waals surface area (Å²) in [5.74, 6) is -0.0402. The maximum atomic E-state index is 12.8. The highest BCUT2D eigenvalue weighted by molar-refractivity contribution is 7.92. The molecule has 0 aliphatic heterocycles. The van der Waals surface area contributed by atoms with E-state index in [4.69, 9.17) is 27.9 Å². The van der Waals surface area contributed by atoms with Gasteiger partial charge in [0.15, 0.2) is 0 Å². The fourth-order valence-electron chi connectivity index (χ4n) is 2.64. The van der Waals surface area contributed by atoms with E-state index in [1.807, 2.05) is 0 Å². The van der Waals surface area contributed by atoms with Gasteiger partial charge in [-0.3, -0.25) is 14.3 Å². The Labute approximate surface area is 187 Å². The lowest BCUT2D eigenvalue weighted by atomic mass is 10.2. The average Bonchev–Trinajstić information content (AvgIpc) is 2.72. The minimum Gasteiger partial charge on any atom is -0.495 e. The summed E-state index contributed by atoms with van der Waals surface area (Å²) in [4.78, 5) is 23.4. The van der Waals surface area contributed by atoms with Crippen molar-refractivity contribution in [2.24, 2.45) is 0 Å². The van der Waals surface area contributed by atoms with Crippen LogP contribution < -0.4 is 20.3 Å². The highest BCUT2D eigenvalue weighted by Crippen LogP contribution is 2.30. The Bertz CT molecular complexity index is 1310. The van der Waals surface area contributed by atoms with E-state index in [0.717, 1.165) is 4.68 Å². The molecule has 1 heterocycles. The van der Waals surface area contributed by atoms with Crippen LogP contribution in [0.25, 0.3) is 5.69 Å². The van der Waals surface area contributed by atoms with E-state index < -0.39 is 15.6 Å². The van der Waals surface area contributed by atoms with E-state index in [-0.39, 0.29) is 32.3 Å². The number of nitrogens with one attached hydrogen (secondary N) is 2. The summed E-state index contributed by atoms with van der Waals surface area (Å²) in [5, 5.41) is 6.29. The molecule has 0 fully saturated rings. The van der Waals surface area contributed by atoms with Gasteiger partial charge in [-0.25, -0.2) is 8.42 Å². The molecule has 0 unspecified atom stereocenters. The second kappa shape index (κ2) is 8.96. The molecule has 1 amide bonds. The number of hydrogen-bond donors (Lipinski definition) is 2. The van der Waals surface area contributed by atoms with Crippen LogP contribution >= 0.6 is 23.2 Å². The van der Waals surface area contributed by atoms with Crippen LogP contribution in [-0.4, -0.2) is 31.2 Å². The maximum Gasteiger partial charge on any atom is 0.291 e. The number of amides is 1. The molecular weight excluding hydrogens is 467 g/mol. The molecule has 12 heteroatoms. The Hall–Kier alpha value is -3.08. The smallest absolute Gasteiger partial charge is 0.291 e. The molecule has 1 aromatic heterocycles. The Kier molecular flexibility index (Phi) is 6.54. The molecule has 0 aliphatic carbocycles. The van der Waals surface area contributed by atoms with Crippen molar-refractivity contribution in [2.45, 2.75) is 11.8 Å². The van der Waals surface area contributed by atoms with Crippen LogP contribution in [0.1, 0.15) is 6.92 Å². The van der Waals surface area contributed by atoms with Crippen LogP contribution in [0.4, 0.5) is 11.4 Å². The predicted octanol–water partition coefficient (Wildman–Crippen LogP) is 3.31. The summed E-state index contributed by atoms with van der Waals surface area (Å²) in [6.45, 7) is 1.34. The van der Waals surface area contributed by atoms with E-state index in [1.165, 1.54) is 56.6 Å². The number of aromatic nitrogens is 2. The van der Waals surface area contributed by atoms with Crippen molar-refractivity contribution < 1.29 is 17.9 Å². The SMILES string of the molecule is COc1ccc(NC(C)=O)cc1NS(=O)(=O)c1ccc(-n2ncc(Cl)c(Cl)c2=O)cc1. The van der Waals surface area contributed by atoms with Gasteiger partial charge in [-0.05, 0) is 42.5 Å². The number of carbonyl (C=O) groups excluding carboxylic acids is 1. The van der Waals surface area contributed by atoms with Crippen molar-refractivity contribution in [3.63, 3.8) is 0 Å². The fourth-order valence-corrected chi connectivity index (χ4v) is 3.95. The molecule has 3 aromatic rings. The predicted molar refractivity (Wildman–Crippen MR) is 118 cm³/mol. The van der Waals surface area contributed by atoms with E-state index >= 15 is 0 Å². The second-order valence-corrected chi connectivity index (χ2v) is 8.69. The van der Waals surface area contributed by atoms with Gasteiger partial charge in [0.1, 0.15) is 10.8 Å². The van der Waals surface area contributed by atoms with E-state index in [9.17, 15) is 18.0 Å². The van der Waals surface area contributed by atoms with E-state index in [0.29, 0.717) is 11.4 Å². The first-order valence-corrected chi connectivity index (χ1v) is 10.9. The number of sulfonamides is 1. The first kappa shape index (κ1) is 22.6. The van der Waals surface area contributed by atoms with Gasteiger partial charge < -0.3 is 10.1 Å². The van der Waals surface area contributed by atoms with Crippen LogP contribution in [0, 0.1) is 0 Å². The van der Waals surface area contributed by atoms with Crippen LogP contribution in [0.3, 0.4) is 0 Å². The molecule has 9 nitrogen and oxygen atoms in total. The summed E-state index contributed by atoms with van der Waals surface area (Å²) in [6.07, 6.45) is 1.21. The van der Waals surface area contributed by atoms with Gasteiger partial charge in [0.25, 0.3) is 15.6 Å². The van der Waals surface area contributed by atoms with E-state index in [1.54, 1.807) is 6.07 Å². The largest absolute Gasteiger partial charge is 0.495 e. The summed E-state index contributed by atoms with van der Waals surface area (Å²) in [5.41, 5.74) is 0.196. The number of methoxy groups -OCH3 is 1. The maximum absolute atomic E-state index is 12.8. The zero-order valence-corrected chi connectivity index (χ0v) is 18.5. The number of nitrogens with zero attached hydrogens (tertiary/aromatic N) is 2. The quantitative estimate of drug-likeness (QED) is 0.555. The van der Waals surface area contributed by atoms with Gasteiger partial charge in [0.05, 0.1) is 34.6 Å². The van der Waals surface area contributed by atoms with Gasteiger partial charge in [-0.15, -0.1) is 0 Å². The number of anilines is 2. The van der Waals surface area contributed by atoms with Crippen molar-refractivity contribution in [3.05, 3.63) is 69.1 Å². The number of hydrogen-bond acceptors (Lipinski definition) is 6. The molecule has 2 aromatic carbocycles. The molecule has 0 bridgehead atoms. The van der Waals surface area contributed by atoms with E-state index in [2.05, 4.69) is 15.1 Å². The molecule has 0 aliphatic rings. The zero-order chi connectivity index (χ0) is 22.8. The summed E-state index contributed by atoms with van der Waals surface area (Å²) in [6, 6.07) is 9.95. The fraction of sp³-hybridized carbons (Fsp3) is 0.105. The topological polar surface area (TPSA) is 119 Å². The number of benzene rings is 2. The highest BCUT2D eigenvalue weighted by atomic mass is 35.5. The standard InChI is InChI=1S/C19H16Cl2N4O5S/c1-11(26)23-12-3-8-17(30-2)16(9-12)24-31(28,29)14-6-4-13(5-7-14)25-19(27)18(21)15(20)10-22-25/h3-10,24H,1-2H3,(H,23,26). The van der Waals surface area contributed by atoms with Crippen molar-refractivity contribution in [1.29, 1.82) is 0 Å². The third-order valence-electron chi connectivity index (χ3n) is 4.03. The molecule has 0 spiro atoms. The lowest BCUT2D eigenvalue weighted by Crippen LogP contribution is -2.21. The van der Waals surface area contributed by atoms with Crippen molar-refractivity contribution in [2.75, 3.05) is 17.1 Å². The summed E-state index contributed by atoms with van der Waals surface area (Å²) < 4.78 is 34.3. The van der Waals surface area contributed by atoms with Crippen LogP contribution in [0.5, 0.6) is 5.75 Å².